The van der Waals surface area contributed by atoms with E-state index in [0.29, 0.717) is 5.88 Å². The number of ether oxygens (including phenoxy) is 1. The van der Waals surface area contributed by atoms with E-state index in [1.54, 1.807) is 6.20 Å². The number of hydrogen-bond acceptors (Lipinski definition) is 4. The summed E-state index contributed by atoms with van der Waals surface area (Å²) in [5, 5.41) is 10.8. The predicted molar refractivity (Wildman–Crippen MR) is 43.9 cm³/mol. The van der Waals surface area contributed by atoms with Crippen LogP contribution in [0.1, 0.15) is 6.42 Å². The Kier molecular flexibility index (Phi) is 2.18. The van der Waals surface area contributed by atoms with Gasteiger partial charge in [0.15, 0.2) is 0 Å². The number of hydrogen-bond donors (Lipinski definition) is 1. The maximum atomic E-state index is 5.54. The van der Waals surface area contributed by atoms with E-state index in [2.05, 4.69) is 15.5 Å². The van der Waals surface area contributed by atoms with Crippen LogP contribution in [0, 0.1) is 0 Å². The summed E-state index contributed by atoms with van der Waals surface area (Å²) in [4.78, 5) is 0. The van der Waals surface area contributed by atoms with Crippen LogP contribution < -0.4 is 10.1 Å². The van der Waals surface area contributed by atoms with Crippen molar-refractivity contribution in [3.05, 3.63) is 18.3 Å². The van der Waals surface area contributed by atoms with Gasteiger partial charge in [-0.05, 0) is 19.0 Å². The summed E-state index contributed by atoms with van der Waals surface area (Å²) < 4.78 is 5.54. The maximum Gasteiger partial charge on any atom is 0.233 e. The molecule has 0 unspecified atom stereocenters. The van der Waals surface area contributed by atoms with Gasteiger partial charge in [0.05, 0.1) is 0 Å². The van der Waals surface area contributed by atoms with Crippen molar-refractivity contribution < 1.29 is 4.74 Å². The van der Waals surface area contributed by atoms with E-state index in [1.807, 2.05) is 12.1 Å². The molecule has 1 aliphatic rings. The Balaban J connectivity index is 1.94. The van der Waals surface area contributed by atoms with Crippen LogP contribution in [0.3, 0.4) is 0 Å². The molecular weight excluding hydrogens is 154 g/mol. The largest absolute Gasteiger partial charge is 0.472 e. The third kappa shape index (κ3) is 1.71. The molecule has 64 valence electrons. The Hall–Kier alpha value is -1.16. The summed E-state index contributed by atoms with van der Waals surface area (Å²) in [5.74, 6) is 0.617. The lowest BCUT2D eigenvalue weighted by Crippen LogP contribution is -2.20. The molecule has 1 saturated heterocycles. The number of nitrogens with one attached hydrogen (secondary N) is 1. The van der Waals surface area contributed by atoms with Crippen LogP contribution in [-0.2, 0) is 0 Å². The first kappa shape index (κ1) is 7.49. The third-order valence-corrected chi connectivity index (χ3v) is 1.85. The van der Waals surface area contributed by atoms with E-state index < -0.39 is 0 Å². The summed E-state index contributed by atoms with van der Waals surface area (Å²) >= 11 is 0. The lowest BCUT2D eigenvalue weighted by Gasteiger charge is -2.09. The highest BCUT2D eigenvalue weighted by atomic mass is 16.5. The summed E-state index contributed by atoms with van der Waals surface area (Å²) in [5.41, 5.74) is 0. The molecule has 0 aromatic carbocycles. The first-order chi connectivity index (χ1) is 5.95. The molecule has 4 nitrogen and oxygen atoms in total. The SMILES string of the molecule is c1cnnc(O[C@@H]2CCNC2)c1. The van der Waals surface area contributed by atoms with E-state index in [0.717, 1.165) is 19.5 Å². The number of nitrogens with zero attached hydrogens (tertiary/aromatic N) is 2. The highest BCUT2D eigenvalue weighted by molar-refractivity contribution is 5.06. The summed E-state index contributed by atoms with van der Waals surface area (Å²) in [6.45, 7) is 1.95. The fourth-order valence-corrected chi connectivity index (χ4v) is 1.25. The molecule has 4 heteroatoms. The van der Waals surface area contributed by atoms with Crippen molar-refractivity contribution in [1.82, 2.24) is 15.5 Å². The quantitative estimate of drug-likeness (QED) is 0.681. The molecule has 0 bridgehead atoms. The highest BCUT2D eigenvalue weighted by Gasteiger charge is 2.15. The van der Waals surface area contributed by atoms with Gasteiger partial charge in [-0.2, -0.15) is 5.10 Å². The molecule has 1 aromatic heterocycles. The average Bonchev–Trinajstić information content (AvgIpc) is 2.59. The van der Waals surface area contributed by atoms with Crippen LogP contribution in [0.5, 0.6) is 5.88 Å². The van der Waals surface area contributed by atoms with E-state index in [-0.39, 0.29) is 6.10 Å². The summed E-state index contributed by atoms with van der Waals surface area (Å²) in [6.07, 6.45) is 2.96. The van der Waals surface area contributed by atoms with E-state index in [9.17, 15) is 0 Å². The lowest BCUT2D eigenvalue weighted by atomic mass is 10.3. The fourth-order valence-electron chi connectivity index (χ4n) is 1.25. The number of aromatic nitrogens is 2. The fraction of sp³-hybridized carbons (Fsp3) is 0.500. The minimum absolute atomic E-state index is 0.265. The standard InChI is InChI=1S/C8H11N3O/c1-2-8(11-10-4-1)12-7-3-5-9-6-7/h1-2,4,7,9H,3,5-6H2/t7-/m1/s1. The molecule has 0 saturated carbocycles. The maximum absolute atomic E-state index is 5.54. The Morgan fingerprint density at radius 1 is 1.58 bits per heavy atom. The minimum atomic E-state index is 0.265. The van der Waals surface area contributed by atoms with Crippen LogP contribution >= 0.6 is 0 Å². The highest BCUT2D eigenvalue weighted by Crippen LogP contribution is 2.09. The first-order valence-electron chi connectivity index (χ1n) is 4.10. The molecule has 1 fully saturated rings. The number of rotatable bonds is 2. The average molecular weight is 165 g/mol. The van der Waals surface area contributed by atoms with Crippen LogP contribution in [0.4, 0.5) is 0 Å². The van der Waals surface area contributed by atoms with Crippen molar-refractivity contribution in [3.8, 4) is 5.88 Å². The van der Waals surface area contributed by atoms with Gasteiger partial charge in [-0.15, -0.1) is 5.10 Å². The zero-order valence-electron chi connectivity index (χ0n) is 6.73. The van der Waals surface area contributed by atoms with E-state index in [4.69, 9.17) is 4.74 Å². The molecule has 1 atom stereocenters. The smallest absolute Gasteiger partial charge is 0.233 e. The molecule has 0 radical (unpaired) electrons. The van der Waals surface area contributed by atoms with E-state index in [1.165, 1.54) is 0 Å². The predicted octanol–water partition coefficient (Wildman–Crippen LogP) is 0.217. The molecule has 2 heterocycles. The van der Waals surface area contributed by atoms with Crippen LogP contribution in [0.15, 0.2) is 18.3 Å². The normalized spacial score (nSPS) is 22.5. The van der Waals surface area contributed by atoms with Gasteiger partial charge in [-0.3, -0.25) is 0 Å². The van der Waals surface area contributed by atoms with Crippen LogP contribution in [-0.4, -0.2) is 29.4 Å². The molecule has 1 aromatic rings. The van der Waals surface area contributed by atoms with Gasteiger partial charge in [0, 0.05) is 18.8 Å². The molecule has 2 rings (SSSR count). The van der Waals surface area contributed by atoms with Gasteiger partial charge >= 0.3 is 0 Å². The lowest BCUT2D eigenvalue weighted by molar-refractivity contribution is 0.211. The third-order valence-electron chi connectivity index (χ3n) is 1.85. The Morgan fingerprint density at radius 3 is 3.25 bits per heavy atom. The second kappa shape index (κ2) is 3.49. The van der Waals surface area contributed by atoms with Gasteiger partial charge in [0.2, 0.25) is 5.88 Å². The zero-order chi connectivity index (χ0) is 8.23. The van der Waals surface area contributed by atoms with Crippen molar-refractivity contribution in [3.63, 3.8) is 0 Å². The van der Waals surface area contributed by atoms with Crippen molar-refractivity contribution in [1.29, 1.82) is 0 Å². The Morgan fingerprint density at radius 2 is 2.58 bits per heavy atom. The van der Waals surface area contributed by atoms with Gasteiger partial charge in [0.25, 0.3) is 0 Å². The monoisotopic (exact) mass is 165 g/mol. The molecule has 12 heavy (non-hydrogen) atoms. The van der Waals surface area contributed by atoms with Gasteiger partial charge in [0.1, 0.15) is 6.10 Å². The first-order valence-corrected chi connectivity index (χ1v) is 4.10. The van der Waals surface area contributed by atoms with Gasteiger partial charge < -0.3 is 10.1 Å². The molecule has 1 N–H and O–H groups in total. The van der Waals surface area contributed by atoms with Crippen molar-refractivity contribution in [2.45, 2.75) is 12.5 Å². The summed E-state index contributed by atoms with van der Waals surface area (Å²) in [7, 11) is 0. The second-order valence-corrected chi connectivity index (χ2v) is 2.79. The topological polar surface area (TPSA) is 47.0 Å². The second-order valence-electron chi connectivity index (χ2n) is 2.79. The van der Waals surface area contributed by atoms with Crippen LogP contribution in [0.25, 0.3) is 0 Å². The Bertz CT molecular complexity index is 233. The Labute approximate surface area is 71.0 Å². The molecule has 1 aliphatic heterocycles. The van der Waals surface area contributed by atoms with E-state index >= 15 is 0 Å². The van der Waals surface area contributed by atoms with Crippen molar-refractivity contribution >= 4 is 0 Å². The molecule has 0 aliphatic carbocycles. The van der Waals surface area contributed by atoms with Gasteiger partial charge in [-0.25, -0.2) is 0 Å². The van der Waals surface area contributed by atoms with Gasteiger partial charge in [-0.1, -0.05) is 0 Å². The minimum Gasteiger partial charge on any atom is -0.472 e. The van der Waals surface area contributed by atoms with Crippen LogP contribution in [0.2, 0.25) is 0 Å². The zero-order valence-corrected chi connectivity index (χ0v) is 6.73. The molecule has 0 amide bonds. The molecule has 0 spiro atoms. The molecular formula is C8H11N3O. The summed E-state index contributed by atoms with van der Waals surface area (Å²) in [6, 6.07) is 3.65. The van der Waals surface area contributed by atoms with Crippen molar-refractivity contribution in [2.24, 2.45) is 0 Å². The van der Waals surface area contributed by atoms with Crippen molar-refractivity contribution in [2.75, 3.05) is 13.1 Å².